The zero-order valence-corrected chi connectivity index (χ0v) is 19.6. The summed E-state index contributed by atoms with van der Waals surface area (Å²) in [5, 5.41) is 6.73. The average Bonchev–Trinajstić information content (AvgIpc) is 2.76. The first-order valence-corrected chi connectivity index (χ1v) is 11.1. The Hall–Kier alpha value is -3.05. The van der Waals surface area contributed by atoms with Gasteiger partial charge < -0.3 is 9.64 Å². The highest BCUT2D eigenvalue weighted by atomic mass is 35.5. The van der Waals surface area contributed by atoms with Crippen molar-refractivity contribution in [2.24, 2.45) is 5.10 Å². The van der Waals surface area contributed by atoms with Gasteiger partial charge in [0, 0.05) is 29.2 Å². The van der Waals surface area contributed by atoms with Crippen molar-refractivity contribution < 1.29 is 9.53 Å². The maximum Gasteiger partial charge on any atom is 0.277 e. The van der Waals surface area contributed by atoms with Crippen LogP contribution in [0.1, 0.15) is 44.2 Å². The Kier molecular flexibility index (Phi) is 6.11. The van der Waals surface area contributed by atoms with Crippen LogP contribution in [0.25, 0.3) is 10.8 Å². The average molecular weight is 450 g/mol. The first-order chi connectivity index (χ1) is 15.3. The number of nitrogens with zero attached hydrogens (tertiary/aromatic N) is 2. The molecule has 0 aliphatic carbocycles. The summed E-state index contributed by atoms with van der Waals surface area (Å²) >= 11 is 6.52. The van der Waals surface area contributed by atoms with E-state index >= 15 is 0 Å². The zero-order valence-electron chi connectivity index (χ0n) is 18.9. The monoisotopic (exact) mass is 449 g/mol. The number of anilines is 1. The third-order valence-corrected chi connectivity index (χ3v) is 6.58. The van der Waals surface area contributed by atoms with E-state index in [1.165, 1.54) is 5.56 Å². The van der Waals surface area contributed by atoms with Crippen LogP contribution in [0.5, 0.6) is 5.75 Å². The number of carbonyl (C=O) groups excluding carboxylic acids is 1. The summed E-state index contributed by atoms with van der Waals surface area (Å²) in [5.74, 6) is 0.739. The fourth-order valence-corrected chi connectivity index (χ4v) is 4.58. The molecule has 1 N–H and O–H groups in total. The molecular formula is C26H28ClN3O2. The number of ether oxygens (including phenoxy) is 1. The molecule has 0 bridgehead atoms. The summed E-state index contributed by atoms with van der Waals surface area (Å²) in [6, 6.07) is 17.7. The van der Waals surface area contributed by atoms with Gasteiger partial charge in [-0.3, -0.25) is 4.79 Å². The van der Waals surface area contributed by atoms with Gasteiger partial charge in [-0.25, -0.2) is 5.43 Å². The van der Waals surface area contributed by atoms with Gasteiger partial charge in [0.2, 0.25) is 0 Å². The highest BCUT2D eigenvalue weighted by molar-refractivity contribution is 6.33. The molecule has 166 valence electrons. The van der Waals surface area contributed by atoms with Crippen molar-refractivity contribution in [1.29, 1.82) is 0 Å². The Labute approximate surface area is 194 Å². The van der Waals surface area contributed by atoms with E-state index in [1.807, 2.05) is 48.5 Å². The number of hydrazone groups is 1. The van der Waals surface area contributed by atoms with Crippen molar-refractivity contribution in [1.82, 2.24) is 5.43 Å². The number of hydrogen-bond acceptors (Lipinski definition) is 4. The van der Waals surface area contributed by atoms with Gasteiger partial charge in [0.1, 0.15) is 5.75 Å². The van der Waals surface area contributed by atoms with E-state index in [4.69, 9.17) is 16.3 Å². The van der Waals surface area contributed by atoms with Gasteiger partial charge in [0.05, 0.1) is 11.2 Å². The van der Waals surface area contributed by atoms with Crippen LogP contribution in [0.3, 0.4) is 0 Å². The van der Waals surface area contributed by atoms with Gasteiger partial charge in [-0.1, -0.05) is 54.9 Å². The number of fused-ring (bicyclic) bond motifs is 2. The predicted molar refractivity (Wildman–Crippen MR) is 132 cm³/mol. The SMILES string of the molecule is C[C@@H]1CC(C)(C)N(C)c2cc(Cl)c(/C=N/NC(=O)COc3cccc4ccccc34)cc21. The van der Waals surface area contributed by atoms with Crippen molar-refractivity contribution in [3.8, 4) is 5.75 Å². The maximum absolute atomic E-state index is 12.2. The maximum atomic E-state index is 12.2. The molecule has 1 amide bonds. The predicted octanol–water partition coefficient (Wildman–Crippen LogP) is 5.74. The fraction of sp³-hybridized carbons (Fsp3) is 0.308. The van der Waals surface area contributed by atoms with Gasteiger partial charge in [0.25, 0.3) is 5.91 Å². The van der Waals surface area contributed by atoms with Gasteiger partial charge in [-0.15, -0.1) is 0 Å². The Morgan fingerprint density at radius 2 is 2.00 bits per heavy atom. The van der Waals surface area contributed by atoms with E-state index in [9.17, 15) is 4.79 Å². The molecule has 0 radical (unpaired) electrons. The molecule has 1 aliphatic rings. The highest BCUT2D eigenvalue weighted by Gasteiger charge is 2.34. The molecule has 0 saturated heterocycles. The molecule has 3 aromatic carbocycles. The van der Waals surface area contributed by atoms with Gasteiger partial charge >= 0.3 is 0 Å². The van der Waals surface area contributed by atoms with Crippen LogP contribution in [0.2, 0.25) is 5.02 Å². The summed E-state index contributed by atoms with van der Waals surface area (Å²) < 4.78 is 5.71. The third-order valence-electron chi connectivity index (χ3n) is 6.25. The Balaban J connectivity index is 1.42. The zero-order chi connectivity index (χ0) is 22.9. The first-order valence-electron chi connectivity index (χ1n) is 10.8. The number of hydrogen-bond donors (Lipinski definition) is 1. The summed E-state index contributed by atoms with van der Waals surface area (Å²) in [6.07, 6.45) is 2.64. The molecule has 0 saturated carbocycles. The Morgan fingerprint density at radius 3 is 2.81 bits per heavy atom. The van der Waals surface area contributed by atoms with E-state index in [1.54, 1.807) is 6.21 Å². The molecule has 1 aliphatic heterocycles. The molecule has 1 heterocycles. The van der Waals surface area contributed by atoms with E-state index in [2.05, 4.69) is 49.3 Å². The molecule has 0 aromatic heterocycles. The topological polar surface area (TPSA) is 53.9 Å². The van der Waals surface area contributed by atoms with Crippen LogP contribution < -0.4 is 15.1 Å². The number of benzene rings is 3. The van der Waals surface area contributed by atoms with Crippen LogP contribution in [0.15, 0.2) is 59.7 Å². The second-order valence-electron chi connectivity index (χ2n) is 8.97. The normalized spacial score (nSPS) is 17.4. The second-order valence-corrected chi connectivity index (χ2v) is 9.38. The lowest BCUT2D eigenvalue weighted by Crippen LogP contribution is -2.45. The molecule has 3 aromatic rings. The summed E-state index contributed by atoms with van der Waals surface area (Å²) in [6.45, 7) is 6.59. The number of amides is 1. The lowest BCUT2D eigenvalue weighted by atomic mass is 9.80. The van der Waals surface area contributed by atoms with E-state index in [0.29, 0.717) is 16.7 Å². The number of rotatable bonds is 5. The lowest BCUT2D eigenvalue weighted by Gasteiger charge is -2.45. The van der Waals surface area contributed by atoms with Crippen LogP contribution >= 0.6 is 11.6 Å². The summed E-state index contributed by atoms with van der Waals surface area (Å²) in [4.78, 5) is 14.5. The molecular weight excluding hydrogens is 422 g/mol. The number of nitrogens with one attached hydrogen (secondary N) is 1. The van der Waals surface area contributed by atoms with Gasteiger partial charge in [-0.05, 0) is 55.3 Å². The Bertz CT molecular complexity index is 1180. The smallest absolute Gasteiger partial charge is 0.277 e. The molecule has 32 heavy (non-hydrogen) atoms. The minimum Gasteiger partial charge on any atom is -0.483 e. The van der Waals surface area contributed by atoms with Crippen molar-refractivity contribution >= 4 is 40.2 Å². The largest absolute Gasteiger partial charge is 0.483 e. The van der Waals surface area contributed by atoms with Crippen LogP contribution in [-0.4, -0.2) is 31.3 Å². The van der Waals surface area contributed by atoms with Crippen molar-refractivity contribution in [2.45, 2.75) is 38.6 Å². The number of halogens is 1. The quantitative estimate of drug-likeness (QED) is 0.399. The lowest BCUT2D eigenvalue weighted by molar-refractivity contribution is -0.123. The molecule has 5 nitrogen and oxygen atoms in total. The molecule has 0 fully saturated rings. The molecule has 4 rings (SSSR count). The van der Waals surface area contributed by atoms with E-state index in [-0.39, 0.29) is 18.1 Å². The molecule has 0 spiro atoms. The molecule has 0 unspecified atom stereocenters. The minimum absolute atomic E-state index is 0.0728. The second kappa shape index (κ2) is 8.83. The fourth-order valence-electron chi connectivity index (χ4n) is 4.37. The first kappa shape index (κ1) is 22.2. The van der Waals surface area contributed by atoms with E-state index in [0.717, 1.165) is 28.4 Å². The Morgan fingerprint density at radius 1 is 1.25 bits per heavy atom. The van der Waals surface area contributed by atoms with E-state index < -0.39 is 0 Å². The molecule has 6 heteroatoms. The summed E-state index contributed by atoms with van der Waals surface area (Å²) in [5.41, 5.74) is 5.76. The van der Waals surface area contributed by atoms with Crippen molar-refractivity contribution in [2.75, 3.05) is 18.6 Å². The van der Waals surface area contributed by atoms with Gasteiger partial charge in [0.15, 0.2) is 6.61 Å². The van der Waals surface area contributed by atoms with Gasteiger partial charge in [-0.2, -0.15) is 5.10 Å². The van der Waals surface area contributed by atoms with Crippen LogP contribution in [-0.2, 0) is 4.79 Å². The molecule has 1 atom stereocenters. The number of carbonyl (C=O) groups is 1. The van der Waals surface area contributed by atoms with Crippen molar-refractivity contribution in [3.63, 3.8) is 0 Å². The van der Waals surface area contributed by atoms with Crippen LogP contribution in [0, 0.1) is 0 Å². The van der Waals surface area contributed by atoms with Crippen LogP contribution in [0.4, 0.5) is 5.69 Å². The third kappa shape index (κ3) is 4.44. The highest BCUT2D eigenvalue weighted by Crippen LogP contribution is 2.44. The van der Waals surface area contributed by atoms with Crippen molar-refractivity contribution in [3.05, 3.63) is 70.7 Å². The minimum atomic E-state index is -0.335. The summed E-state index contributed by atoms with van der Waals surface area (Å²) in [7, 11) is 2.10. The standard InChI is InChI=1S/C26H28ClN3O2/c1-17-14-26(2,3)30(4)23-13-22(27)19(12-21(17)23)15-28-29-25(31)16-32-24-11-7-9-18-8-5-6-10-20(18)24/h5-13,15,17H,14,16H2,1-4H3,(H,29,31)/b28-15+/t17-/m1/s1.